The van der Waals surface area contributed by atoms with Crippen LogP contribution < -0.4 is 10.6 Å². The number of amides is 2. The first kappa shape index (κ1) is 17.3. The summed E-state index contributed by atoms with van der Waals surface area (Å²) < 4.78 is 1.68. The average Bonchev–Trinajstić information content (AvgIpc) is 3.27. The molecule has 0 saturated heterocycles. The van der Waals surface area contributed by atoms with Crippen molar-refractivity contribution in [3.63, 3.8) is 0 Å². The SMILES string of the molecule is Cn1ncc(-c2ccccc2)c1NC(=O)NC1c2ccccc2-c2ccccc21. The fraction of sp³-hybridized carbons (Fsp3) is 0.0833. The van der Waals surface area contributed by atoms with E-state index >= 15 is 0 Å². The number of nitrogens with one attached hydrogen (secondary N) is 2. The largest absolute Gasteiger partial charge is 0.327 e. The number of carbonyl (C=O) groups is 1. The zero-order valence-electron chi connectivity index (χ0n) is 16.0. The van der Waals surface area contributed by atoms with Crippen LogP contribution in [-0.2, 0) is 7.05 Å². The minimum Gasteiger partial charge on any atom is -0.327 e. The molecule has 2 N–H and O–H groups in total. The number of urea groups is 1. The Morgan fingerprint density at radius 3 is 2.07 bits per heavy atom. The van der Waals surface area contributed by atoms with Gasteiger partial charge in [0.15, 0.2) is 0 Å². The van der Waals surface area contributed by atoms with Gasteiger partial charge in [0.25, 0.3) is 0 Å². The molecule has 0 atom stereocenters. The van der Waals surface area contributed by atoms with E-state index in [0.717, 1.165) is 22.3 Å². The first-order chi connectivity index (χ1) is 14.2. The lowest BCUT2D eigenvalue weighted by Crippen LogP contribution is -2.33. The molecule has 142 valence electrons. The molecule has 5 nitrogen and oxygen atoms in total. The molecule has 4 aromatic rings. The number of aryl methyl sites for hydroxylation is 1. The highest BCUT2D eigenvalue weighted by Gasteiger charge is 2.29. The van der Waals surface area contributed by atoms with Crippen molar-refractivity contribution >= 4 is 11.8 Å². The quantitative estimate of drug-likeness (QED) is 0.527. The topological polar surface area (TPSA) is 59.0 Å². The van der Waals surface area contributed by atoms with Gasteiger partial charge in [-0.25, -0.2) is 4.79 Å². The van der Waals surface area contributed by atoms with Crippen molar-refractivity contribution in [2.75, 3.05) is 5.32 Å². The van der Waals surface area contributed by atoms with Crippen LogP contribution in [0.2, 0.25) is 0 Å². The average molecular weight is 380 g/mol. The lowest BCUT2D eigenvalue weighted by molar-refractivity contribution is 0.250. The second kappa shape index (κ2) is 6.95. The molecule has 1 aliphatic carbocycles. The van der Waals surface area contributed by atoms with E-state index in [1.165, 1.54) is 11.1 Å². The lowest BCUT2D eigenvalue weighted by atomic mass is 10.1. The highest BCUT2D eigenvalue weighted by Crippen LogP contribution is 2.43. The molecular formula is C24H20N4O. The fourth-order valence-electron chi connectivity index (χ4n) is 4.00. The van der Waals surface area contributed by atoms with Crippen molar-refractivity contribution in [1.82, 2.24) is 15.1 Å². The van der Waals surface area contributed by atoms with Gasteiger partial charge < -0.3 is 5.32 Å². The Morgan fingerprint density at radius 1 is 0.828 bits per heavy atom. The van der Waals surface area contributed by atoms with Crippen LogP contribution in [0, 0.1) is 0 Å². The Morgan fingerprint density at radius 2 is 1.41 bits per heavy atom. The predicted octanol–water partition coefficient (Wildman–Crippen LogP) is 4.98. The summed E-state index contributed by atoms with van der Waals surface area (Å²) in [6.45, 7) is 0. The van der Waals surface area contributed by atoms with Crippen LogP contribution in [0.15, 0.2) is 85.1 Å². The summed E-state index contributed by atoms with van der Waals surface area (Å²) in [5.41, 5.74) is 6.44. The summed E-state index contributed by atoms with van der Waals surface area (Å²) in [5, 5.41) is 10.5. The molecule has 0 unspecified atom stereocenters. The van der Waals surface area contributed by atoms with Crippen molar-refractivity contribution < 1.29 is 4.79 Å². The van der Waals surface area contributed by atoms with Gasteiger partial charge in [0, 0.05) is 12.6 Å². The number of hydrogen-bond donors (Lipinski definition) is 2. The second-order valence-corrected chi connectivity index (χ2v) is 7.10. The van der Waals surface area contributed by atoms with E-state index in [4.69, 9.17) is 0 Å². The van der Waals surface area contributed by atoms with Gasteiger partial charge in [0.05, 0.1) is 12.2 Å². The van der Waals surface area contributed by atoms with Crippen molar-refractivity contribution in [1.29, 1.82) is 0 Å². The fourth-order valence-corrected chi connectivity index (χ4v) is 4.00. The van der Waals surface area contributed by atoms with E-state index in [-0.39, 0.29) is 12.1 Å². The standard InChI is InChI=1S/C24H20N4O/c1-28-23(21(15-25-28)16-9-3-2-4-10-16)27-24(29)26-22-19-13-7-5-11-17(19)18-12-6-8-14-20(18)22/h2-15,22H,1H3,(H2,26,27,29). The highest BCUT2D eigenvalue weighted by molar-refractivity contribution is 5.94. The van der Waals surface area contributed by atoms with Crippen LogP contribution >= 0.6 is 0 Å². The number of anilines is 1. The van der Waals surface area contributed by atoms with Crippen LogP contribution in [0.25, 0.3) is 22.3 Å². The summed E-state index contributed by atoms with van der Waals surface area (Å²) in [6.07, 6.45) is 1.77. The Hall–Kier alpha value is -3.86. The van der Waals surface area contributed by atoms with Gasteiger partial charge in [-0.3, -0.25) is 10.00 Å². The Labute approximate surface area is 169 Å². The van der Waals surface area contributed by atoms with Gasteiger partial charge in [-0.2, -0.15) is 5.10 Å². The minimum atomic E-state index is -0.262. The smallest absolute Gasteiger partial charge is 0.321 e. The number of nitrogens with zero attached hydrogens (tertiary/aromatic N) is 2. The molecule has 0 fully saturated rings. The maximum absolute atomic E-state index is 13.0. The molecule has 1 aromatic heterocycles. The second-order valence-electron chi connectivity index (χ2n) is 7.10. The van der Waals surface area contributed by atoms with E-state index in [1.54, 1.807) is 10.9 Å². The van der Waals surface area contributed by atoms with Gasteiger partial charge >= 0.3 is 6.03 Å². The number of benzene rings is 3. The van der Waals surface area contributed by atoms with Crippen molar-refractivity contribution in [3.05, 3.63) is 96.2 Å². The van der Waals surface area contributed by atoms with E-state index in [1.807, 2.05) is 61.6 Å². The van der Waals surface area contributed by atoms with Gasteiger partial charge in [-0.05, 0) is 27.8 Å². The van der Waals surface area contributed by atoms with Crippen LogP contribution in [0.4, 0.5) is 10.6 Å². The van der Waals surface area contributed by atoms with Crippen LogP contribution in [0.3, 0.4) is 0 Å². The third kappa shape index (κ3) is 2.97. The van der Waals surface area contributed by atoms with Gasteiger partial charge in [-0.15, -0.1) is 0 Å². The lowest BCUT2D eigenvalue weighted by Gasteiger charge is -2.17. The molecule has 1 aliphatic rings. The van der Waals surface area contributed by atoms with Crippen LogP contribution in [0.5, 0.6) is 0 Å². The third-order valence-electron chi connectivity index (χ3n) is 5.36. The van der Waals surface area contributed by atoms with Crippen molar-refractivity contribution in [2.24, 2.45) is 7.05 Å². The molecule has 0 saturated carbocycles. The Balaban J connectivity index is 1.44. The summed E-state index contributed by atoms with van der Waals surface area (Å²) in [7, 11) is 1.82. The van der Waals surface area contributed by atoms with E-state index in [0.29, 0.717) is 5.82 Å². The zero-order valence-corrected chi connectivity index (χ0v) is 16.0. The molecule has 29 heavy (non-hydrogen) atoms. The molecular weight excluding hydrogens is 360 g/mol. The molecule has 0 radical (unpaired) electrons. The van der Waals surface area contributed by atoms with Gasteiger partial charge in [-0.1, -0.05) is 78.9 Å². The van der Waals surface area contributed by atoms with Crippen LogP contribution in [-0.4, -0.2) is 15.8 Å². The summed E-state index contributed by atoms with van der Waals surface area (Å²) in [5.74, 6) is 0.660. The molecule has 5 rings (SSSR count). The number of carbonyl (C=O) groups excluding carboxylic acids is 1. The molecule has 0 bridgehead atoms. The normalized spacial score (nSPS) is 12.3. The summed E-state index contributed by atoms with van der Waals surface area (Å²) in [4.78, 5) is 13.0. The maximum Gasteiger partial charge on any atom is 0.321 e. The zero-order chi connectivity index (χ0) is 19.8. The molecule has 0 spiro atoms. The van der Waals surface area contributed by atoms with E-state index in [9.17, 15) is 4.79 Å². The first-order valence-corrected chi connectivity index (χ1v) is 9.55. The molecule has 5 heteroatoms. The highest BCUT2D eigenvalue weighted by atomic mass is 16.2. The monoisotopic (exact) mass is 380 g/mol. The number of rotatable bonds is 3. The van der Waals surface area contributed by atoms with Crippen molar-refractivity contribution in [3.8, 4) is 22.3 Å². The Kier molecular flexibility index (Phi) is 4.13. The first-order valence-electron chi connectivity index (χ1n) is 9.55. The number of fused-ring (bicyclic) bond motifs is 3. The third-order valence-corrected chi connectivity index (χ3v) is 5.36. The molecule has 3 aromatic carbocycles. The minimum absolute atomic E-state index is 0.184. The van der Waals surface area contributed by atoms with Gasteiger partial charge in [0.2, 0.25) is 0 Å². The molecule has 1 heterocycles. The number of hydrogen-bond acceptors (Lipinski definition) is 2. The van der Waals surface area contributed by atoms with Gasteiger partial charge in [0.1, 0.15) is 5.82 Å². The van der Waals surface area contributed by atoms with E-state index < -0.39 is 0 Å². The van der Waals surface area contributed by atoms with Crippen molar-refractivity contribution in [2.45, 2.75) is 6.04 Å². The summed E-state index contributed by atoms with van der Waals surface area (Å²) in [6, 6.07) is 25.9. The Bertz CT molecular complexity index is 1150. The van der Waals surface area contributed by atoms with Crippen LogP contribution in [0.1, 0.15) is 17.2 Å². The molecule has 2 amide bonds. The van der Waals surface area contributed by atoms with E-state index in [2.05, 4.69) is 40.0 Å². The molecule has 0 aliphatic heterocycles. The summed E-state index contributed by atoms with van der Waals surface area (Å²) >= 11 is 0. The number of aromatic nitrogens is 2. The maximum atomic E-state index is 13.0. The predicted molar refractivity (Wildman–Crippen MR) is 115 cm³/mol.